The van der Waals surface area contributed by atoms with E-state index < -0.39 is 19.7 Å². The fraction of sp³-hybridized carbons (Fsp3) is 0.586. The number of nitrogens with one attached hydrogen (secondary N) is 3. The van der Waals surface area contributed by atoms with E-state index in [0.717, 1.165) is 36.1 Å². The van der Waals surface area contributed by atoms with E-state index in [9.17, 15) is 14.4 Å². The summed E-state index contributed by atoms with van der Waals surface area (Å²) in [5, 5.41) is 13.5. The van der Waals surface area contributed by atoms with Crippen LogP contribution < -0.4 is 10.6 Å². The van der Waals surface area contributed by atoms with Crippen LogP contribution in [0.2, 0.25) is 24.7 Å². The predicted octanol–water partition coefficient (Wildman–Crippen LogP) is 5.70. The van der Waals surface area contributed by atoms with E-state index in [-0.39, 0.29) is 35.5 Å². The van der Waals surface area contributed by atoms with Gasteiger partial charge in [-0.1, -0.05) is 70.2 Å². The van der Waals surface area contributed by atoms with Crippen molar-refractivity contribution in [1.29, 1.82) is 0 Å². The summed E-state index contributed by atoms with van der Waals surface area (Å²) in [6.07, 6.45) is 3.24. The molecule has 2 heterocycles. The number of anilines is 1. The Balaban J connectivity index is 1.50. The van der Waals surface area contributed by atoms with E-state index >= 15 is 0 Å². The molecule has 0 radical (unpaired) electrons. The fourth-order valence-corrected chi connectivity index (χ4v) is 8.32. The summed E-state index contributed by atoms with van der Waals surface area (Å²) in [4.78, 5) is 41.1. The highest BCUT2D eigenvalue weighted by atomic mass is 28.3. The topological polar surface area (TPSA) is 116 Å². The number of amides is 3. The Morgan fingerprint density at radius 1 is 1.13 bits per heavy atom. The molecule has 1 fully saturated rings. The first-order valence-electron chi connectivity index (χ1n) is 13.9. The highest BCUT2D eigenvalue weighted by Crippen LogP contribution is 2.56. The molecule has 1 saturated carbocycles. The first-order valence-corrected chi connectivity index (χ1v) is 17.4. The molecule has 2 aliphatic rings. The second-order valence-electron chi connectivity index (χ2n) is 12.9. The summed E-state index contributed by atoms with van der Waals surface area (Å²) >= 11 is 0. The maximum Gasteiger partial charge on any atom is 0.319 e. The van der Waals surface area contributed by atoms with Crippen LogP contribution in [0.25, 0.3) is 0 Å². The minimum atomic E-state index is -1.74. The maximum absolute atomic E-state index is 13.7. The van der Waals surface area contributed by atoms with Crippen LogP contribution in [0, 0.1) is 5.92 Å². The minimum Gasteiger partial charge on any atom is -0.463 e. The van der Waals surface area contributed by atoms with E-state index in [1.165, 1.54) is 0 Å². The molecule has 1 atom stereocenters. The molecule has 10 heteroatoms. The van der Waals surface area contributed by atoms with Gasteiger partial charge >= 0.3 is 12.0 Å². The molecule has 2 aromatic rings. The number of H-pyrrole nitrogens is 1. The molecule has 212 valence electrons. The molecule has 39 heavy (non-hydrogen) atoms. The zero-order valence-corrected chi connectivity index (χ0v) is 25.3. The second-order valence-corrected chi connectivity index (χ2v) is 18.4. The van der Waals surface area contributed by atoms with Crippen LogP contribution >= 0.6 is 0 Å². The van der Waals surface area contributed by atoms with Crippen LogP contribution in [-0.4, -0.2) is 47.7 Å². The molecule has 0 unspecified atom stereocenters. The lowest BCUT2D eigenvalue weighted by Gasteiger charge is -2.48. The van der Waals surface area contributed by atoms with Crippen molar-refractivity contribution in [3.8, 4) is 0 Å². The molecular formula is C29H43N5O4Si. The van der Waals surface area contributed by atoms with Crippen molar-refractivity contribution < 1.29 is 19.1 Å². The molecule has 3 amide bonds. The first-order chi connectivity index (χ1) is 18.3. The number of hydrogen-bond acceptors (Lipinski definition) is 5. The van der Waals surface area contributed by atoms with Crippen LogP contribution in [0.15, 0.2) is 30.3 Å². The lowest BCUT2D eigenvalue weighted by Crippen LogP contribution is -2.52. The zero-order chi connectivity index (χ0) is 28.6. The van der Waals surface area contributed by atoms with Crippen molar-refractivity contribution in [3.05, 3.63) is 47.2 Å². The normalized spacial score (nSPS) is 18.2. The van der Waals surface area contributed by atoms with Gasteiger partial charge in [-0.25, -0.2) is 4.79 Å². The molecule has 1 aromatic heterocycles. The SMILES string of the molecule is CC(C)CC(=O)OC[C@@H](NC(=O)N1Cc2c(NC(=O)C3([Si](C)(C)C)CCC3)n[nH]c2C1(C)C)c1ccccc1. The van der Waals surface area contributed by atoms with Crippen LogP contribution in [0.5, 0.6) is 0 Å². The standard InChI is InChI=1S/C29H43N5O4Si/c1-19(2)16-23(35)38-18-22(20-12-9-8-10-13-20)30-27(37)34-17-21-24(28(34,3)4)32-33-25(21)31-26(36)29(14-11-15-29)39(5,6)7/h8-10,12-13,19,22H,11,14-18H2,1-7H3,(H,30,37)(H2,31,32,33,36)/t22-/m1/s1. The van der Waals surface area contributed by atoms with Crippen molar-refractivity contribution in [2.45, 2.75) is 96.2 Å². The number of carbonyl (C=O) groups excluding carboxylic acids is 3. The molecule has 1 aliphatic carbocycles. The van der Waals surface area contributed by atoms with Crippen molar-refractivity contribution in [2.75, 3.05) is 11.9 Å². The number of nitrogens with zero attached hydrogens (tertiary/aromatic N) is 2. The molecule has 3 N–H and O–H groups in total. The number of rotatable bonds is 9. The third-order valence-corrected chi connectivity index (χ3v) is 12.1. The van der Waals surface area contributed by atoms with Gasteiger partial charge in [0.2, 0.25) is 5.91 Å². The monoisotopic (exact) mass is 553 g/mol. The molecule has 0 bridgehead atoms. The zero-order valence-electron chi connectivity index (χ0n) is 24.3. The van der Waals surface area contributed by atoms with Crippen molar-refractivity contribution in [2.24, 2.45) is 5.92 Å². The van der Waals surface area contributed by atoms with Crippen LogP contribution in [0.1, 0.15) is 76.2 Å². The van der Waals surface area contributed by atoms with E-state index in [2.05, 4.69) is 40.5 Å². The molecule has 0 saturated heterocycles. The van der Waals surface area contributed by atoms with Gasteiger partial charge in [0.15, 0.2) is 5.82 Å². The predicted molar refractivity (Wildman–Crippen MR) is 154 cm³/mol. The smallest absolute Gasteiger partial charge is 0.319 e. The summed E-state index contributed by atoms with van der Waals surface area (Å²) < 4.78 is 5.54. The number of ether oxygens (including phenoxy) is 1. The van der Waals surface area contributed by atoms with Crippen LogP contribution in [0.3, 0.4) is 0 Å². The summed E-state index contributed by atoms with van der Waals surface area (Å²) in [6, 6.07) is 8.72. The van der Waals surface area contributed by atoms with Gasteiger partial charge in [-0.05, 0) is 38.2 Å². The van der Waals surface area contributed by atoms with Crippen LogP contribution in [0.4, 0.5) is 10.6 Å². The second kappa shape index (κ2) is 10.8. The van der Waals surface area contributed by atoms with E-state index in [1.807, 2.05) is 58.0 Å². The number of aromatic nitrogens is 2. The summed E-state index contributed by atoms with van der Waals surface area (Å²) in [5.74, 6) is 0.459. The number of benzene rings is 1. The summed E-state index contributed by atoms with van der Waals surface area (Å²) in [7, 11) is -1.74. The number of urea groups is 1. The van der Waals surface area contributed by atoms with Gasteiger partial charge in [0, 0.05) is 17.0 Å². The largest absolute Gasteiger partial charge is 0.463 e. The number of hydrogen-bond donors (Lipinski definition) is 3. The van der Waals surface area contributed by atoms with E-state index in [0.29, 0.717) is 18.8 Å². The lowest BCUT2D eigenvalue weighted by atomic mass is 9.83. The van der Waals surface area contributed by atoms with Crippen LogP contribution in [-0.2, 0) is 26.4 Å². The average molecular weight is 554 g/mol. The minimum absolute atomic E-state index is 0.0442. The van der Waals surface area contributed by atoms with Gasteiger partial charge < -0.3 is 20.3 Å². The summed E-state index contributed by atoms with van der Waals surface area (Å²) in [5.41, 5.74) is 1.81. The number of carbonyl (C=O) groups is 3. The fourth-order valence-electron chi connectivity index (χ4n) is 5.72. The third kappa shape index (κ3) is 5.62. The van der Waals surface area contributed by atoms with E-state index in [4.69, 9.17) is 4.74 Å². The Morgan fingerprint density at radius 2 is 1.79 bits per heavy atom. The Labute approximate surface area is 232 Å². The van der Waals surface area contributed by atoms with Gasteiger partial charge in [-0.2, -0.15) is 5.10 Å². The summed E-state index contributed by atoms with van der Waals surface area (Å²) in [6.45, 7) is 14.9. The van der Waals surface area contributed by atoms with Crippen molar-refractivity contribution in [3.63, 3.8) is 0 Å². The molecule has 1 aliphatic heterocycles. The highest BCUT2D eigenvalue weighted by Gasteiger charge is 2.54. The highest BCUT2D eigenvalue weighted by molar-refractivity contribution is 6.83. The Morgan fingerprint density at radius 3 is 2.36 bits per heavy atom. The van der Waals surface area contributed by atoms with Gasteiger partial charge in [-0.15, -0.1) is 0 Å². The number of aromatic amines is 1. The van der Waals surface area contributed by atoms with E-state index in [1.54, 1.807) is 4.90 Å². The molecular weight excluding hydrogens is 510 g/mol. The van der Waals surface area contributed by atoms with Gasteiger partial charge in [0.25, 0.3) is 0 Å². The Kier molecular flexibility index (Phi) is 7.98. The third-order valence-electron chi connectivity index (χ3n) is 8.51. The lowest BCUT2D eigenvalue weighted by molar-refractivity contribution is -0.145. The quantitative estimate of drug-likeness (QED) is 0.272. The molecule has 9 nitrogen and oxygen atoms in total. The van der Waals surface area contributed by atoms with Crippen molar-refractivity contribution in [1.82, 2.24) is 20.4 Å². The van der Waals surface area contributed by atoms with Gasteiger partial charge in [0.05, 0.1) is 31.9 Å². The molecule has 1 aromatic carbocycles. The Hall–Kier alpha value is -3.14. The van der Waals surface area contributed by atoms with Gasteiger partial charge in [-0.3, -0.25) is 14.7 Å². The average Bonchev–Trinajstić information content (AvgIpc) is 3.32. The molecule has 0 spiro atoms. The first kappa shape index (κ1) is 28.9. The maximum atomic E-state index is 13.7. The number of fused-ring (bicyclic) bond motifs is 1. The number of esters is 1. The Bertz CT molecular complexity index is 1210. The molecule has 4 rings (SSSR count). The van der Waals surface area contributed by atoms with Crippen molar-refractivity contribution >= 4 is 31.8 Å². The van der Waals surface area contributed by atoms with Gasteiger partial charge in [0.1, 0.15) is 6.61 Å².